The number of halogens is 1. The van der Waals surface area contributed by atoms with Gasteiger partial charge in [0.2, 0.25) is 0 Å². The van der Waals surface area contributed by atoms with Crippen molar-refractivity contribution in [1.29, 1.82) is 0 Å². The SMILES string of the molecule is O=C1CC([C]2[CH][CH][CH][CH]2)Nc2ccc(Cl)cc21.[CH]1[CH][CH][CH][CH]1.[Fe+2]. The Morgan fingerprint density at radius 3 is 2.17 bits per heavy atom. The molecule has 0 saturated heterocycles. The number of carbonyl (C=O) groups excluding carboxylic acids is 1. The molecule has 2 fully saturated rings. The quantitative estimate of drug-likeness (QED) is 0.758. The van der Waals surface area contributed by atoms with E-state index in [0.717, 1.165) is 11.6 Å². The van der Waals surface area contributed by atoms with Gasteiger partial charge in [0.1, 0.15) is 0 Å². The molecule has 1 aromatic carbocycles. The zero-order valence-corrected chi connectivity index (χ0v) is 14.2. The Bertz CT molecular complexity index is 516. The minimum atomic E-state index is 0. The van der Waals surface area contributed by atoms with Gasteiger partial charge in [0.05, 0.1) is 0 Å². The topological polar surface area (TPSA) is 29.1 Å². The van der Waals surface area contributed by atoms with E-state index in [-0.39, 0.29) is 28.9 Å². The van der Waals surface area contributed by atoms with E-state index in [4.69, 9.17) is 11.6 Å². The number of benzene rings is 1. The molecular formula is C19H16ClFeNO+2. The standard InChI is InChI=1S/C14H11ClNO.C5H5.Fe/c15-10-5-6-12-11(7-10)14(17)8-13(16-12)9-3-1-2-4-9;1-2-4-5-3-1;/h1-7,13,16H,8H2;1-5H;/q;;+2. The van der Waals surface area contributed by atoms with Crippen LogP contribution in [-0.2, 0) is 17.1 Å². The van der Waals surface area contributed by atoms with E-state index in [1.54, 1.807) is 12.1 Å². The van der Waals surface area contributed by atoms with Crippen molar-refractivity contribution in [2.24, 2.45) is 0 Å². The fraction of sp³-hybridized carbons (Fsp3) is 0.105. The van der Waals surface area contributed by atoms with Gasteiger partial charge in [-0.25, -0.2) is 0 Å². The third kappa shape index (κ3) is 4.98. The molecule has 2 aliphatic carbocycles. The van der Waals surface area contributed by atoms with Gasteiger partial charge < -0.3 is 5.32 Å². The molecule has 2 nitrogen and oxygen atoms in total. The van der Waals surface area contributed by atoms with Crippen LogP contribution in [0, 0.1) is 63.7 Å². The van der Waals surface area contributed by atoms with Crippen molar-refractivity contribution < 1.29 is 21.9 Å². The van der Waals surface area contributed by atoms with Crippen LogP contribution in [0.1, 0.15) is 16.8 Å². The second kappa shape index (κ2) is 9.11. The number of carbonyl (C=O) groups is 1. The second-order valence-corrected chi connectivity index (χ2v) is 5.63. The Hall–Kier alpha value is -0.501. The van der Waals surface area contributed by atoms with Crippen LogP contribution < -0.4 is 5.32 Å². The van der Waals surface area contributed by atoms with Gasteiger partial charge in [-0.15, -0.1) is 0 Å². The molecule has 0 spiro atoms. The molecule has 4 rings (SSSR count). The van der Waals surface area contributed by atoms with Gasteiger partial charge in [0.25, 0.3) is 0 Å². The zero-order valence-electron chi connectivity index (χ0n) is 12.4. The summed E-state index contributed by atoms with van der Waals surface area (Å²) >= 11 is 5.90. The molecule has 0 amide bonds. The van der Waals surface area contributed by atoms with E-state index in [2.05, 4.69) is 5.32 Å². The van der Waals surface area contributed by atoms with Gasteiger partial charge in [-0.1, -0.05) is 11.6 Å². The number of fused-ring (bicyclic) bond motifs is 1. The first-order valence-corrected chi connectivity index (χ1v) is 7.59. The first-order chi connectivity index (χ1) is 10.7. The molecule has 1 heterocycles. The first-order valence-electron chi connectivity index (χ1n) is 7.21. The molecule has 4 heteroatoms. The molecule has 1 aromatic rings. The van der Waals surface area contributed by atoms with Gasteiger partial charge in [0.15, 0.2) is 5.78 Å². The largest absolute Gasteiger partial charge is 2.00 e. The summed E-state index contributed by atoms with van der Waals surface area (Å²) in [5.74, 6) is 1.30. The van der Waals surface area contributed by atoms with Crippen LogP contribution in [0.15, 0.2) is 18.2 Å². The van der Waals surface area contributed by atoms with Crippen molar-refractivity contribution in [3.63, 3.8) is 0 Å². The number of hydrogen-bond acceptors (Lipinski definition) is 2. The molecule has 116 valence electrons. The molecule has 2 saturated carbocycles. The third-order valence-corrected chi connectivity index (χ3v) is 3.88. The first kappa shape index (κ1) is 18.8. The average molecular weight is 366 g/mol. The van der Waals surface area contributed by atoms with E-state index in [1.165, 1.54) is 0 Å². The summed E-state index contributed by atoms with van der Waals surface area (Å²) in [6, 6.07) is 5.47. The van der Waals surface area contributed by atoms with Gasteiger partial charge in [-0.2, -0.15) is 0 Å². The summed E-state index contributed by atoms with van der Waals surface area (Å²) in [4.78, 5) is 12.0. The van der Waals surface area contributed by atoms with Gasteiger partial charge in [0, 0.05) is 34.7 Å². The Balaban J connectivity index is 0.000000276. The average Bonchev–Trinajstić information content (AvgIpc) is 3.24. The van der Waals surface area contributed by atoms with Crippen molar-refractivity contribution in [3.05, 3.63) is 92.5 Å². The van der Waals surface area contributed by atoms with Crippen LogP contribution in [0.25, 0.3) is 0 Å². The Labute approximate surface area is 155 Å². The number of anilines is 1. The number of hydrogen-bond donors (Lipinski definition) is 1. The third-order valence-electron chi connectivity index (χ3n) is 3.65. The van der Waals surface area contributed by atoms with E-state index in [1.807, 2.05) is 63.9 Å². The molecule has 1 atom stereocenters. The van der Waals surface area contributed by atoms with E-state index >= 15 is 0 Å². The van der Waals surface area contributed by atoms with Crippen LogP contribution >= 0.6 is 11.6 Å². The van der Waals surface area contributed by atoms with Crippen molar-refractivity contribution in [3.8, 4) is 0 Å². The molecule has 0 aromatic heterocycles. The minimum absolute atomic E-state index is 0. The molecule has 1 N–H and O–H groups in total. The number of Topliss-reactive ketones (excluding diaryl/α,β-unsaturated/α-hetero) is 1. The van der Waals surface area contributed by atoms with Crippen molar-refractivity contribution in [1.82, 2.24) is 0 Å². The molecule has 10 radical (unpaired) electrons. The summed E-state index contributed by atoms with van der Waals surface area (Å²) in [5, 5.41) is 3.98. The minimum Gasteiger partial charge on any atom is -0.381 e. The van der Waals surface area contributed by atoms with Crippen molar-refractivity contribution in [2.75, 3.05) is 5.32 Å². The summed E-state index contributed by atoms with van der Waals surface area (Å²) in [5.41, 5.74) is 1.57. The predicted octanol–water partition coefficient (Wildman–Crippen LogP) is 4.13. The summed E-state index contributed by atoms with van der Waals surface area (Å²) < 4.78 is 0. The Morgan fingerprint density at radius 2 is 1.57 bits per heavy atom. The summed E-state index contributed by atoms with van der Waals surface area (Å²) in [6.45, 7) is 0. The molecule has 1 aliphatic heterocycles. The number of ketones is 1. The smallest absolute Gasteiger partial charge is 0.381 e. The van der Waals surface area contributed by atoms with Crippen molar-refractivity contribution in [2.45, 2.75) is 12.5 Å². The Morgan fingerprint density at radius 1 is 0.957 bits per heavy atom. The zero-order chi connectivity index (χ0) is 15.4. The van der Waals surface area contributed by atoms with Gasteiger partial charge >= 0.3 is 17.1 Å². The number of nitrogens with one attached hydrogen (secondary N) is 1. The maximum atomic E-state index is 12.0. The molecule has 23 heavy (non-hydrogen) atoms. The van der Waals surface area contributed by atoms with Crippen molar-refractivity contribution >= 4 is 23.1 Å². The number of rotatable bonds is 1. The summed E-state index contributed by atoms with van der Waals surface area (Å²) in [6.07, 6.45) is 18.5. The van der Waals surface area contributed by atoms with Crippen LogP contribution in [0.4, 0.5) is 5.69 Å². The summed E-state index contributed by atoms with van der Waals surface area (Å²) in [7, 11) is 0. The van der Waals surface area contributed by atoms with E-state index in [0.29, 0.717) is 17.0 Å². The molecule has 1 unspecified atom stereocenters. The maximum absolute atomic E-state index is 12.0. The monoisotopic (exact) mass is 365 g/mol. The second-order valence-electron chi connectivity index (χ2n) is 5.19. The van der Waals surface area contributed by atoms with Crippen LogP contribution in [0.5, 0.6) is 0 Å². The normalized spacial score (nSPS) is 23.3. The molecule has 3 aliphatic rings. The van der Waals surface area contributed by atoms with Crippen LogP contribution in [-0.4, -0.2) is 11.8 Å². The maximum Gasteiger partial charge on any atom is 2.00 e. The van der Waals surface area contributed by atoms with Crippen LogP contribution in [0.2, 0.25) is 5.02 Å². The molecular weight excluding hydrogens is 350 g/mol. The van der Waals surface area contributed by atoms with E-state index < -0.39 is 0 Å². The molecule has 0 bridgehead atoms. The fourth-order valence-corrected chi connectivity index (χ4v) is 2.72. The van der Waals surface area contributed by atoms with Gasteiger partial charge in [-0.3, -0.25) is 4.79 Å². The predicted molar refractivity (Wildman–Crippen MR) is 89.8 cm³/mol. The van der Waals surface area contributed by atoms with E-state index in [9.17, 15) is 4.79 Å². The van der Waals surface area contributed by atoms with Crippen LogP contribution in [0.3, 0.4) is 0 Å². The fourth-order valence-electron chi connectivity index (χ4n) is 2.55. The van der Waals surface area contributed by atoms with Gasteiger partial charge in [-0.05, 0) is 76.0 Å². The Kier molecular flexibility index (Phi) is 7.46.